The van der Waals surface area contributed by atoms with Crippen LogP contribution in [-0.2, 0) is 7.05 Å². The van der Waals surface area contributed by atoms with Crippen LogP contribution in [0.15, 0.2) is 71.1 Å². The minimum absolute atomic E-state index is 0.0806. The molecule has 0 N–H and O–H groups in total. The summed E-state index contributed by atoms with van der Waals surface area (Å²) in [6.07, 6.45) is 0. The number of hydrogen-bond donors (Lipinski definition) is 0. The molecule has 6 rings (SSSR count). The van der Waals surface area contributed by atoms with Crippen LogP contribution in [0.3, 0.4) is 0 Å². The van der Waals surface area contributed by atoms with Crippen LogP contribution < -0.4 is 4.57 Å². The lowest BCUT2D eigenvalue weighted by Gasteiger charge is -2.18. The molecule has 0 spiro atoms. The summed E-state index contributed by atoms with van der Waals surface area (Å²) < 4.78 is 78.7. The molecule has 0 aliphatic carbocycles. The number of fused-ring (bicyclic) bond motifs is 4. The Labute approximate surface area is 229 Å². The third-order valence-electron chi connectivity index (χ3n) is 7.16. The molecule has 0 saturated carbocycles. The van der Waals surface area contributed by atoms with E-state index in [1.165, 1.54) is 19.9 Å². The molecule has 2 unspecified atom stereocenters. The van der Waals surface area contributed by atoms with Crippen LogP contribution in [0.4, 0.5) is 0 Å². The Balaban J connectivity index is 1.87. The number of nitrogens with zero attached hydrogens (tertiary/aromatic N) is 3. The number of aromatic nitrogens is 3. The third-order valence-corrected chi connectivity index (χ3v) is 7.16. The van der Waals surface area contributed by atoms with Gasteiger partial charge in [-0.1, -0.05) is 70.0 Å². The summed E-state index contributed by atoms with van der Waals surface area (Å²) in [5.41, 5.74) is 5.15. The Morgan fingerprint density at radius 1 is 0.892 bits per heavy atom. The number of aryl methyl sites for hydroxylation is 3. The molecule has 0 amide bonds. The number of pyridine rings is 1. The quantitative estimate of drug-likeness (QED) is 0.230. The lowest BCUT2D eigenvalue weighted by Crippen LogP contribution is -2.30. The van der Waals surface area contributed by atoms with Crippen molar-refractivity contribution in [1.29, 1.82) is 0 Å². The number of imidazole rings is 1. The highest BCUT2D eigenvalue weighted by Gasteiger charge is 2.33. The summed E-state index contributed by atoms with van der Waals surface area (Å²) in [5.74, 6) is -3.75. The van der Waals surface area contributed by atoms with Crippen molar-refractivity contribution < 1.29 is 20.0 Å². The van der Waals surface area contributed by atoms with Gasteiger partial charge in [0, 0.05) is 38.6 Å². The van der Waals surface area contributed by atoms with Crippen molar-refractivity contribution in [2.45, 2.75) is 53.2 Å². The first-order chi connectivity index (χ1) is 20.9. The molecule has 186 valence electrons. The van der Waals surface area contributed by atoms with Gasteiger partial charge in [-0.2, -0.15) is 4.57 Å². The fraction of sp³-hybridized carbons (Fsp3) is 0.273. The summed E-state index contributed by atoms with van der Waals surface area (Å²) in [7, 11) is 1.88. The Morgan fingerprint density at radius 2 is 1.59 bits per heavy atom. The fourth-order valence-corrected chi connectivity index (χ4v) is 5.40. The van der Waals surface area contributed by atoms with Gasteiger partial charge < -0.3 is 4.42 Å². The number of para-hydroxylation sites is 3. The Bertz CT molecular complexity index is 2090. The standard InChI is InChI=1S/C33H34N3O/c1-19(2)23-11-10-12-24(20(3)4)30(23)36-28-14-9-8-13-27(28)35(7)33(36)29-21(5)15-17-25-26-18-16-22(6)34-32(26)37-31(25)29/h8-20H,1-7H3/q+1/i1D3,3D3,19D,20D. The fourth-order valence-electron chi connectivity index (χ4n) is 5.40. The molecule has 37 heavy (non-hydrogen) atoms. The average molecular weight is 497 g/mol. The average Bonchev–Trinajstić information content (AvgIpc) is 3.45. The maximum absolute atomic E-state index is 9.21. The molecule has 3 heterocycles. The van der Waals surface area contributed by atoms with Crippen LogP contribution in [0.25, 0.3) is 50.2 Å². The van der Waals surface area contributed by atoms with Gasteiger partial charge in [0.05, 0.1) is 7.05 Å². The molecule has 4 nitrogen and oxygen atoms in total. The van der Waals surface area contributed by atoms with Crippen molar-refractivity contribution in [2.24, 2.45) is 7.05 Å². The topological polar surface area (TPSA) is 34.8 Å². The summed E-state index contributed by atoms with van der Waals surface area (Å²) in [6, 6.07) is 20.0. The van der Waals surface area contributed by atoms with Crippen LogP contribution >= 0.6 is 0 Å². The van der Waals surface area contributed by atoms with Crippen LogP contribution in [-0.4, -0.2) is 9.55 Å². The lowest BCUT2D eigenvalue weighted by atomic mass is 9.92. The van der Waals surface area contributed by atoms with Crippen molar-refractivity contribution in [3.05, 3.63) is 89.1 Å². The molecule has 0 bridgehead atoms. The van der Waals surface area contributed by atoms with Gasteiger partial charge in [0.25, 0.3) is 5.82 Å². The molecule has 0 aliphatic heterocycles. The minimum Gasteiger partial charge on any atom is -0.437 e. The maximum atomic E-state index is 9.21. The van der Waals surface area contributed by atoms with E-state index < -0.39 is 25.5 Å². The van der Waals surface area contributed by atoms with E-state index in [4.69, 9.17) is 12.6 Å². The van der Waals surface area contributed by atoms with E-state index in [0.29, 0.717) is 28.2 Å². The predicted molar refractivity (Wildman–Crippen MR) is 153 cm³/mol. The first kappa shape index (κ1) is 16.0. The number of benzene rings is 3. The second-order valence-electron chi connectivity index (χ2n) is 9.70. The molecular formula is C33H34N3O+. The van der Waals surface area contributed by atoms with Gasteiger partial charge in [0.1, 0.15) is 11.3 Å². The number of rotatable bonds is 4. The zero-order chi connectivity index (χ0) is 32.9. The normalized spacial score (nSPS) is 19.2. The van der Waals surface area contributed by atoms with Crippen molar-refractivity contribution in [3.63, 3.8) is 0 Å². The van der Waals surface area contributed by atoms with Crippen LogP contribution in [0.2, 0.25) is 0 Å². The van der Waals surface area contributed by atoms with Crippen molar-refractivity contribution in [1.82, 2.24) is 9.55 Å². The molecule has 6 aromatic rings. The summed E-state index contributed by atoms with van der Waals surface area (Å²) >= 11 is 0. The highest BCUT2D eigenvalue weighted by atomic mass is 16.3. The van der Waals surface area contributed by atoms with E-state index in [1.807, 2.05) is 78.6 Å². The van der Waals surface area contributed by atoms with Gasteiger partial charge in [-0.05, 0) is 55.5 Å². The molecule has 4 heteroatoms. The summed E-state index contributed by atoms with van der Waals surface area (Å²) in [6.45, 7) is 0.905. The molecule has 3 aromatic carbocycles. The van der Waals surface area contributed by atoms with E-state index in [2.05, 4.69) is 4.98 Å². The largest absolute Gasteiger partial charge is 0.437 e. The van der Waals surface area contributed by atoms with Gasteiger partial charge in [-0.25, -0.2) is 9.55 Å². The molecular weight excluding hydrogens is 454 g/mol. The van der Waals surface area contributed by atoms with Crippen molar-refractivity contribution >= 4 is 33.1 Å². The second-order valence-corrected chi connectivity index (χ2v) is 9.70. The molecule has 0 saturated heterocycles. The van der Waals surface area contributed by atoms with E-state index in [9.17, 15) is 2.74 Å². The van der Waals surface area contributed by atoms with Gasteiger partial charge >= 0.3 is 0 Å². The Hall–Kier alpha value is -3.92. The van der Waals surface area contributed by atoms with Crippen molar-refractivity contribution in [2.75, 3.05) is 0 Å². The number of hydrogen-bond acceptors (Lipinski definition) is 2. The Morgan fingerprint density at radius 3 is 2.32 bits per heavy atom. The van der Waals surface area contributed by atoms with Gasteiger partial charge in [0.2, 0.25) is 5.71 Å². The Kier molecular flexibility index (Phi) is 3.72. The van der Waals surface area contributed by atoms with Crippen LogP contribution in [0.5, 0.6) is 0 Å². The summed E-state index contributed by atoms with van der Waals surface area (Å²) in [4.78, 5) is 4.62. The first-order valence-electron chi connectivity index (χ1n) is 16.3. The minimum atomic E-state index is -2.78. The number of furan rings is 1. The highest BCUT2D eigenvalue weighted by Crippen LogP contribution is 2.41. The molecule has 0 aliphatic rings. The van der Waals surface area contributed by atoms with E-state index in [1.54, 1.807) is 12.1 Å². The SMILES string of the molecule is [2H]C([2H])([2H])C([2H])(C)c1cccc(C([2H])(C)C([2H])([2H])[2H])c1-n1c(-c2c(C)ccc3c2oc2nc(C)ccc23)[n+](C)c2ccccc21. The molecule has 2 atom stereocenters. The zero-order valence-electron chi connectivity index (χ0n) is 29.6. The monoisotopic (exact) mass is 496 g/mol. The predicted octanol–water partition coefficient (Wildman–Crippen LogP) is 8.28. The van der Waals surface area contributed by atoms with Gasteiger partial charge in [0.15, 0.2) is 16.6 Å². The van der Waals surface area contributed by atoms with Crippen molar-refractivity contribution in [3.8, 4) is 17.1 Å². The molecule has 0 fully saturated rings. The first-order valence-corrected chi connectivity index (χ1v) is 12.3. The van der Waals surface area contributed by atoms with E-state index in [0.717, 1.165) is 27.5 Å². The van der Waals surface area contributed by atoms with Gasteiger partial charge in [-0.3, -0.25) is 0 Å². The van der Waals surface area contributed by atoms with Crippen LogP contribution in [0, 0.1) is 13.8 Å². The van der Waals surface area contributed by atoms with E-state index >= 15 is 0 Å². The third kappa shape index (κ3) is 3.50. The molecule has 3 aromatic heterocycles. The smallest absolute Gasteiger partial charge is 0.299 e. The summed E-state index contributed by atoms with van der Waals surface area (Å²) in [5, 5.41) is 1.68. The second kappa shape index (κ2) is 8.58. The molecule has 0 radical (unpaired) electrons. The maximum Gasteiger partial charge on any atom is 0.299 e. The highest BCUT2D eigenvalue weighted by molar-refractivity contribution is 6.09. The lowest BCUT2D eigenvalue weighted by molar-refractivity contribution is -0.633. The van der Waals surface area contributed by atoms with Crippen LogP contribution in [0.1, 0.15) is 72.7 Å². The van der Waals surface area contributed by atoms with Gasteiger partial charge in [-0.15, -0.1) is 0 Å². The zero-order valence-corrected chi connectivity index (χ0v) is 21.6. The van der Waals surface area contributed by atoms with E-state index in [-0.39, 0.29) is 16.8 Å².